The predicted octanol–water partition coefficient (Wildman–Crippen LogP) is 3.22. The van der Waals surface area contributed by atoms with Gasteiger partial charge in [0.05, 0.1) is 11.4 Å². The zero-order chi connectivity index (χ0) is 13.4. The summed E-state index contributed by atoms with van der Waals surface area (Å²) in [6.45, 7) is 4.12. The molecule has 0 radical (unpaired) electrons. The number of hydrogen-bond acceptors (Lipinski definition) is 3. The normalized spacial score (nSPS) is 18.2. The molecule has 19 heavy (non-hydrogen) atoms. The maximum Gasteiger partial charge on any atom is 0.165 e. The molecular formula is C16H16N2O. The van der Waals surface area contributed by atoms with Crippen LogP contribution in [-0.4, -0.2) is 16.0 Å². The number of carbonyl (C=O) groups excluding carboxylic acids is 1. The highest BCUT2D eigenvalue weighted by molar-refractivity contribution is 5.98. The Hall–Kier alpha value is -2.03. The van der Waals surface area contributed by atoms with Crippen molar-refractivity contribution in [1.82, 2.24) is 10.2 Å². The molecule has 0 bridgehead atoms. The van der Waals surface area contributed by atoms with E-state index in [9.17, 15) is 4.79 Å². The van der Waals surface area contributed by atoms with Crippen LogP contribution in [-0.2, 0) is 6.42 Å². The van der Waals surface area contributed by atoms with E-state index in [0.29, 0.717) is 12.3 Å². The summed E-state index contributed by atoms with van der Waals surface area (Å²) in [6, 6.07) is 9.99. The standard InChI is InChI=1S/C16H16N2O/c1-10-4-3-5-12(6-10)14-9-13-15(18-17-14)7-11(2)8-16(13)19/h3-6,9,11H,7-8H2,1-2H3. The van der Waals surface area contributed by atoms with E-state index in [4.69, 9.17) is 0 Å². The molecule has 0 spiro atoms. The molecule has 1 heterocycles. The number of carbonyl (C=O) groups is 1. The third-order valence-corrected chi connectivity index (χ3v) is 3.56. The summed E-state index contributed by atoms with van der Waals surface area (Å²) < 4.78 is 0. The molecule has 2 aromatic rings. The molecule has 1 aliphatic carbocycles. The highest BCUT2D eigenvalue weighted by Gasteiger charge is 2.24. The van der Waals surface area contributed by atoms with E-state index >= 15 is 0 Å². The van der Waals surface area contributed by atoms with Crippen molar-refractivity contribution >= 4 is 5.78 Å². The van der Waals surface area contributed by atoms with Crippen molar-refractivity contribution in [3.8, 4) is 11.3 Å². The van der Waals surface area contributed by atoms with Gasteiger partial charge >= 0.3 is 0 Å². The third kappa shape index (κ3) is 2.28. The number of aryl methyl sites for hydroxylation is 1. The smallest absolute Gasteiger partial charge is 0.165 e. The Kier molecular flexibility index (Phi) is 2.90. The average molecular weight is 252 g/mol. The van der Waals surface area contributed by atoms with Crippen LogP contribution in [0.5, 0.6) is 0 Å². The van der Waals surface area contributed by atoms with Crippen LogP contribution in [0.15, 0.2) is 30.3 Å². The summed E-state index contributed by atoms with van der Waals surface area (Å²) in [6.07, 6.45) is 1.47. The van der Waals surface area contributed by atoms with Crippen LogP contribution in [0.4, 0.5) is 0 Å². The lowest BCUT2D eigenvalue weighted by atomic mass is 9.87. The van der Waals surface area contributed by atoms with Gasteiger partial charge in [-0.05, 0) is 31.4 Å². The van der Waals surface area contributed by atoms with Crippen molar-refractivity contribution in [2.45, 2.75) is 26.7 Å². The molecule has 3 heteroatoms. The maximum absolute atomic E-state index is 12.1. The molecule has 0 saturated heterocycles. The fourth-order valence-electron chi connectivity index (χ4n) is 2.58. The topological polar surface area (TPSA) is 42.9 Å². The van der Waals surface area contributed by atoms with Gasteiger partial charge in [0.25, 0.3) is 0 Å². The molecule has 3 nitrogen and oxygen atoms in total. The quantitative estimate of drug-likeness (QED) is 0.782. The molecule has 96 valence electrons. The summed E-state index contributed by atoms with van der Waals surface area (Å²) in [4.78, 5) is 12.1. The fourth-order valence-corrected chi connectivity index (χ4v) is 2.58. The number of aromatic nitrogens is 2. The van der Waals surface area contributed by atoms with E-state index in [0.717, 1.165) is 28.9 Å². The highest BCUT2D eigenvalue weighted by atomic mass is 16.1. The van der Waals surface area contributed by atoms with Crippen LogP contribution < -0.4 is 0 Å². The summed E-state index contributed by atoms with van der Waals surface area (Å²) >= 11 is 0. The molecule has 3 rings (SSSR count). The van der Waals surface area contributed by atoms with E-state index in [2.05, 4.69) is 23.2 Å². The van der Waals surface area contributed by atoms with Crippen molar-refractivity contribution in [3.05, 3.63) is 47.2 Å². The minimum Gasteiger partial charge on any atom is -0.294 e. The Morgan fingerprint density at radius 3 is 2.79 bits per heavy atom. The zero-order valence-electron chi connectivity index (χ0n) is 11.2. The highest BCUT2D eigenvalue weighted by Crippen LogP contribution is 2.26. The second-order valence-electron chi connectivity index (χ2n) is 5.40. The summed E-state index contributed by atoms with van der Waals surface area (Å²) in [5.41, 5.74) is 4.58. The van der Waals surface area contributed by atoms with Crippen molar-refractivity contribution in [2.24, 2.45) is 5.92 Å². The molecule has 0 N–H and O–H groups in total. The number of nitrogens with zero attached hydrogens (tertiary/aromatic N) is 2. The molecule has 1 aromatic carbocycles. The average Bonchev–Trinajstić information content (AvgIpc) is 2.38. The van der Waals surface area contributed by atoms with E-state index in [-0.39, 0.29) is 5.78 Å². The second kappa shape index (κ2) is 4.57. The fraction of sp³-hybridized carbons (Fsp3) is 0.312. The summed E-state index contributed by atoms with van der Waals surface area (Å²) in [7, 11) is 0. The van der Waals surface area contributed by atoms with Gasteiger partial charge in [0.2, 0.25) is 0 Å². The van der Waals surface area contributed by atoms with Gasteiger partial charge in [-0.1, -0.05) is 30.7 Å². The van der Waals surface area contributed by atoms with Crippen LogP contribution in [0.1, 0.15) is 35.0 Å². The second-order valence-corrected chi connectivity index (χ2v) is 5.40. The van der Waals surface area contributed by atoms with Crippen molar-refractivity contribution in [3.63, 3.8) is 0 Å². The maximum atomic E-state index is 12.1. The molecular weight excluding hydrogens is 236 g/mol. The van der Waals surface area contributed by atoms with Gasteiger partial charge in [-0.2, -0.15) is 10.2 Å². The molecule has 0 amide bonds. The van der Waals surface area contributed by atoms with Gasteiger partial charge in [0.1, 0.15) is 0 Å². The molecule has 1 unspecified atom stereocenters. The van der Waals surface area contributed by atoms with Gasteiger partial charge < -0.3 is 0 Å². The first-order valence-corrected chi connectivity index (χ1v) is 6.60. The van der Waals surface area contributed by atoms with Gasteiger partial charge in [-0.3, -0.25) is 4.79 Å². The lowest BCUT2D eigenvalue weighted by molar-refractivity contribution is 0.0951. The van der Waals surface area contributed by atoms with Gasteiger partial charge in [-0.25, -0.2) is 0 Å². The number of rotatable bonds is 1. The Balaban J connectivity index is 2.07. The van der Waals surface area contributed by atoms with Crippen molar-refractivity contribution < 1.29 is 4.79 Å². The Morgan fingerprint density at radius 1 is 1.16 bits per heavy atom. The Bertz CT molecular complexity index is 649. The van der Waals surface area contributed by atoms with Crippen molar-refractivity contribution in [1.29, 1.82) is 0 Å². The molecule has 1 aliphatic rings. The third-order valence-electron chi connectivity index (χ3n) is 3.56. The van der Waals surface area contributed by atoms with Gasteiger partial charge in [-0.15, -0.1) is 0 Å². The minimum atomic E-state index is 0.192. The number of hydrogen-bond donors (Lipinski definition) is 0. The van der Waals surface area contributed by atoms with Crippen LogP contribution >= 0.6 is 0 Å². The van der Waals surface area contributed by atoms with Crippen LogP contribution in [0.2, 0.25) is 0 Å². The molecule has 1 atom stereocenters. The molecule has 1 aromatic heterocycles. The van der Waals surface area contributed by atoms with E-state index < -0.39 is 0 Å². The first-order chi connectivity index (χ1) is 9.13. The first kappa shape index (κ1) is 12.0. The van der Waals surface area contributed by atoms with E-state index in [1.54, 1.807) is 0 Å². The summed E-state index contributed by atoms with van der Waals surface area (Å²) in [5, 5.41) is 8.53. The summed E-state index contributed by atoms with van der Waals surface area (Å²) in [5.74, 6) is 0.566. The van der Waals surface area contributed by atoms with Gasteiger partial charge in [0, 0.05) is 17.5 Å². The van der Waals surface area contributed by atoms with Crippen LogP contribution in [0.3, 0.4) is 0 Å². The number of ketones is 1. The van der Waals surface area contributed by atoms with E-state index in [1.807, 2.05) is 31.2 Å². The first-order valence-electron chi connectivity index (χ1n) is 6.60. The van der Waals surface area contributed by atoms with Crippen LogP contribution in [0.25, 0.3) is 11.3 Å². The number of benzene rings is 1. The molecule has 0 aliphatic heterocycles. The zero-order valence-corrected chi connectivity index (χ0v) is 11.2. The predicted molar refractivity (Wildman–Crippen MR) is 74.0 cm³/mol. The number of fused-ring (bicyclic) bond motifs is 1. The lowest BCUT2D eigenvalue weighted by Gasteiger charge is -2.19. The Morgan fingerprint density at radius 2 is 2.00 bits per heavy atom. The SMILES string of the molecule is Cc1cccc(-c2cc3c(nn2)CC(C)CC3=O)c1. The monoisotopic (exact) mass is 252 g/mol. The van der Waals surface area contributed by atoms with Crippen molar-refractivity contribution in [2.75, 3.05) is 0 Å². The lowest BCUT2D eigenvalue weighted by Crippen LogP contribution is -2.20. The number of Topliss-reactive ketones (excluding diaryl/α,β-unsaturated/α-hetero) is 1. The van der Waals surface area contributed by atoms with Crippen LogP contribution in [0, 0.1) is 12.8 Å². The molecule has 0 fully saturated rings. The minimum absolute atomic E-state index is 0.192. The Labute approximate surface area is 112 Å². The molecule has 0 saturated carbocycles. The largest absolute Gasteiger partial charge is 0.294 e. The van der Waals surface area contributed by atoms with Gasteiger partial charge in [0.15, 0.2) is 5.78 Å². The van der Waals surface area contributed by atoms with E-state index in [1.165, 1.54) is 5.56 Å².